The average Bonchev–Trinajstić information content (AvgIpc) is 3.08. The molecular weight excluding hydrogens is 594 g/mol. The van der Waals surface area contributed by atoms with Gasteiger partial charge in [0, 0.05) is 17.7 Å². The summed E-state index contributed by atoms with van der Waals surface area (Å²) < 4.78 is 16.8. The van der Waals surface area contributed by atoms with Crippen LogP contribution < -0.4 is 14.2 Å². The molecule has 0 aromatic heterocycles. The van der Waals surface area contributed by atoms with Gasteiger partial charge in [0.25, 0.3) is 0 Å². The van der Waals surface area contributed by atoms with Crippen LogP contribution in [0.5, 0.6) is 17.2 Å². The average molecular weight is 642 g/mol. The van der Waals surface area contributed by atoms with E-state index >= 15 is 0 Å². The number of unbranched alkanes of at least 4 members (excludes halogenated alkanes) is 9. The Balaban J connectivity index is 1.49. The number of ether oxygens (including phenoxy) is 3. The minimum Gasteiger partial charge on any atom is -0.494 e. The van der Waals surface area contributed by atoms with Crippen LogP contribution in [-0.4, -0.2) is 29.9 Å². The van der Waals surface area contributed by atoms with E-state index in [1.807, 2.05) is 48.5 Å². The van der Waals surface area contributed by atoms with E-state index in [-0.39, 0.29) is 11.3 Å². The van der Waals surface area contributed by atoms with E-state index in [9.17, 15) is 19.7 Å². The van der Waals surface area contributed by atoms with E-state index in [1.165, 1.54) is 69.2 Å². The fraction of sp³-hybridized carbons (Fsp3) is 0.385. The summed E-state index contributed by atoms with van der Waals surface area (Å²) in [7, 11) is 0. The molecule has 0 unspecified atom stereocenters. The molecule has 3 aromatic carbocycles. The van der Waals surface area contributed by atoms with Gasteiger partial charge in [0.05, 0.1) is 18.1 Å². The van der Waals surface area contributed by atoms with Crippen molar-refractivity contribution in [2.45, 2.75) is 84.5 Å². The number of allylic oxidation sites excluding steroid dienone is 1. The Bertz CT molecular complexity index is 1460. The van der Waals surface area contributed by atoms with Gasteiger partial charge in [-0.3, -0.25) is 14.9 Å². The molecule has 0 bridgehead atoms. The lowest BCUT2D eigenvalue weighted by Gasteiger charge is -2.06. The van der Waals surface area contributed by atoms with Crippen molar-refractivity contribution in [3.05, 3.63) is 106 Å². The Morgan fingerprint density at radius 1 is 0.660 bits per heavy atom. The number of ketones is 1. The van der Waals surface area contributed by atoms with Crippen molar-refractivity contribution in [2.24, 2.45) is 0 Å². The first-order valence-corrected chi connectivity index (χ1v) is 16.8. The first-order valence-electron chi connectivity index (χ1n) is 16.8. The first-order chi connectivity index (χ1) is 22.9. The fourth-order valence-corrected chi connectivity index (χ4v) is 4.79. The number of benzene rings is 3. The molecule has 3 aromatic rings. The summed E-state index contributed by atoms with van der Waals surface area (Å²) in [5.41, 5.74) is 1.16. The van der Waals surface area contributed by atoms with Crippen molar-refractivity contribution in [1.29, 1.82) is 0 Å². The van der Waals surface area contributed by atoms with Crippen molar-refractivity contribution in [1.82, 2.24) is 0 Å². The van der Waals surface area contributed by atoms with Crippen LogP contribution >= 0.6 is 0 Å². The van der Waals surface area contributed by atoms with Crippen molar-refractivity contribution >= 4 is 29.6 Å². The molecule has 0 aliphatic carbocycles. The number of nitrogens with zero attached hydrogens (tertiary/aromatic N) is 1. The zero-order chi connectivity index (χ0) is 33.7. The van der Waals surface area contributed by atoms with Gasteiger partial charge in [0.15, 0.2) is 5.78 Å². The van der Waals surface area contributed by atoms with E-state index in [2.05, 4.69) is 13.8 Å². The Morgan fingerprint density at radius 3 is 1.66 bits per heavy atom. The zero-order valence-corrected chi connectivity index (χ0v) is 27.7. The fourth-order valence-electron chi connectivity index (χ4n) is 4.79. The molecule has 0 heterocycles. The van der Waals surface area contributed by atoms with Crippen molar-refractivity contribution in [3.8, 4) is 17.2 Å². The molecule has 8 heteroatoms. The molecule has 0 aliphatic rings. The number of nitro groups is 1. The van der Waals surface area contributed by atoms with E-state index in [0.717, 1.165) is 54.4 Å². The summed E-state index contributed by atoms with van der Waals surface area (Å²) in [6, 6.07) is 18.4. The summed E-state index contributed by atoms with van der Waals surface area (Å²) in [5.74, 6) is 0.0764. The molecular formula is C39H47NO7. The summed E-state index contributed by atoms with van der Waals surface area (Å²) in [6.45, 7) is 5.72. The van der Waals surface area contributed by atoms with E-state index < -0.39 is 22.4 Å². The van der Waals surface area contributed by atoms with Crippen LogP contribution in [0.3, 0.4) is 0 Å². The summed E-state index contributed by atoms with van der Waals surface area (Å²) in [5, 5.41) is 11.7. The lowest BCUT2D eigenvalue weighted by Crippen LogP contribution is -2.07. The van der Waals surface area contributed by atoms with Gasteiger partial charge < -0.3 is 14.2 Å². The van der Waals surface area contributed by atoms with E-state index in [4.69, 9.17) is 14.2 Å². The molecule has 0 fully saturated rings. The maximum Gasteiger partial charge on any atom is 0.336 e. The van der Waals surface area contributed by atoms with Crippen LogP contribution in [-0.2, 0) is 4.79 Å². The molecule has 250 valence electrons. The molecule has 0 radical (unpaired) electrons. The first kappa shape index (κ1) is 36.7. The molecule has 3 rings (SSSR count). The van der Waals surface area contributed by atoms with Gasteiger partial charge in [-0.15, -0.1) is 0 Å². The second-order valence-corrected chi connectivity index (χ2v) is 11.4. The second-order valence-electron chi connectivity index (χ2n) is 11.4. The normalized spacial score (nSPS) is 11.2. The summed E-state index contributed by atoms with van der Waals surface area (Å²) in [6.07, 6.45) is 18.7. The standard InChI is InChI=1S/C39H47NO7/c1-3-5-7-9-11-13-29-46-35-23-16-32(17-24-35)19-27-39(42)47-38-26-20-33(30-36(38)40(43)44)37(41)25-18-31-14-21-34(22-15-31)45-28-12-10-8-6-4-2/h14-27,30H,3-13,28-29H2,1-2H3/b25-18+,27-19+. The quantitative estimate of drug-likeness (QED) is 0.0204. The highest BCUT2D eigenvalue weighted by atomic mass is 16.6. The molecule has 0 N–H and O–H groups in total. The maximum absolute atomic E-state index is 12.8. The van der Waals surface area contributed by atoms with Gasteiger partial charge >= 0.3 is 11.7 Å². The molecule has 0 saturated heterocycles. The molecule has 8 nitrogen and oxygen atoms in total. The highest BCUT2D eigenvalue weighted by Gasteiger charge is 2.20. The number of rotatable bonds is 22. The highest BCUT2D eigenvalue weighted by molar-refractivity contribution is 6.07. The van der Waals surface area contributed by atoms with Gasteiger partial charge in [-0.2, -0.15) is 0 Å². The van der Waals surface area contributed by atoms with Crippen LogP contribution in [0.2, 0.25) is 0 Å². The lowest BCUT2D eigenvalue weighted by atomic mass is 10.1. The Hall–Kier alpha value is -4.72. The van der Waals surface area contributed by atoms with Crippen LogP contribution in [0.1, 0.15) is 106 Å². The number of esters is 1. The number of carbonyl (C=O) groups excluding carboxylic acids is 2. The van der Waals surface area contributed by atoms with Crippen LogP contribution in [0.4, 0.5) is 5.69 Å². The van der Waals surface area contributed by atoms with Gasteiger partial charge in [-0.05, 0) is 72.5 Å². The highest BCUT2D eigenvalue weighted by Crippen LogP contribution is 2.29. The zero-order valence-electron chi connectivity index (χ0n) is 27.7. The van der Waals surface area contributed by atoms with E-state index in [1.54, 1.807) is 12.2 Å². The van der Waals surface area contributed by atoms with E-state index in [0.29, 0.717) is 13.2 Å². The molecule has 0 atom stereocenters. The third-order valence-corrected chi connectivity index (χ3v) is 7.53. The second kappa shape index (κ2) is 21.1. The van der Waals surface area contributed by atoms with Gasteiger partial charge in [0.2, 0.25) is 5.75 Å². The largest absolute Gasteiger partial charge is 0.494 e. The number of nitro benzene ring substituents is 1. The molecule has 0 aliphatic heterocycles. The van der Waals surface area contributed by atoms with Crippen LogP contribution in [0.15, 0.2) is 78.9 Å². The predicted molar refractivity (Wildman–Crippen MR) is 187 cm³/mol. The third-order valence-electron chi connectivity index (χ3n) is 7.53. The molecule has 0 saturated carbocycles. The van der Waals surface area contributed by atoms with Crippen LogP contribution in [0.25, 0.3) is 12.2 Å². The number of hydrogen-bond donors (Lipinski definition) is 0. The molecule has 0 amide bonds. The van der Waals surface area contributed by atoms with Crippen LogP contribution in [0, 0.1) is 10.1 Å². The Kier molecular flexibility index (Phi) is 16.5. The lowest BCUT2D eigenvalue weighted by molar-refractivity contribution is -0.385. The summed E-state index contributed by atoms with van der Waals surface area (Å²) in [4.78, 5) is 36.3. The molecule has 0 spiro atoms. The number of carbonyl (C=O) groups is 2. The SMILES string of the molecule is CCCCCCCCOc1ccc(/C=C/C(=O)Oc2ccc(C(=O)/C=C/c3ccc(OCCCCCCC)cc3)cc2[N+](=O)[O-])cc1. The minimum atomic E-state index is -0.778. The predicted octanol–water partition coefficient (Wildman–Crippen LogP) is 10.2. The molecule has 47 heavy (non-hydrogen) atoms. The van der Waals surface area contributed by atoms with Gasteiger partial charge in [-0.1, -0.05) is 102 Å². The monoisotopic (exact) mass is 641 g/mol. The van der Waals surface area contributed by atoms with Gasteiger partial charge in [0.1, 0.15) is 11.5 Å². The van der Waals surface area contributed by atoms with Gasteiger partial charge in [-0.25, -0.2) is 4.79 Å². The number of hydrogen-bond acceptors (Lipinski definition) is 7. The van der Waals surface area contributed by atoms with Crippen molar-refractivity contribution < 1.29 is 28.7 Å². The smallest absolute Gasteiger partial charge is 0.336 e. The Morgan fingerprint density at radius 2 is 1.15 bits per heavy atom. The maximum atomic E-state index is 12.8. The van der Waals surface area contributed by atoms with Crippen molar-refractivity contribution in [3.63, 3.8) is 0 Å². The van der Waals surface area contributed by atoms with Crippen molar-refractivity contribution in [2.75, 3.05) is 13.2 Å². The topological polar surface area (TPSA) is 105 Å². The Labute approximate surface area is 278 Å². The third kappa shape index (κ3) is 14.1. The summed E-state index contributed by atoms with van der Waals surface area (Å²) >= 11 is 0. The minimum absolute atomic E-state index is 0.102.